The fourth-order valence-corrected chi connectivity index (χ4v) is 3.18. The summed E-state index contributed by atoms with van der Waals surface area (Å²) < 4.78 is 6.15. The van der Waals surface area contributed by atoms with Gasteiger partial charge in [0.25, 0.3) is 0 Å². The number of aliphatic imine (C=N–C) groups is 1. The second kappa shape index (κ2) is 6.97. The van der Waals surface area contributed by atoms with Crippen LogP contribution in [0.4, 0.5) is 0 Å². The van der Waals surface area contributed by atoms with E-state index in [0.717, 1.165) is 56.1 Å². The van der Waals surface area contributed by atoms with E-state index in [1.54, 1.807) is 0 Å². The Kier molecular flexibility index (Phi) is 4.78. The first-order valence-corrected chi connectivity index (χ1v) is 8.19. The highest BCUT2D eigenvalue weighted by molar-refractivity contribution is 5.94. The van der Waals surface area contributed by atoms with Crippen molar-refractivity contribution < 1.29 is 4.74 Å². The van der Waals surface area contributed by atoms with Crippen molar-refractivity contribution in [3.8, 4) is 0 Å². The van der Waals surface area contributed by atoms with Gasteiger partial charge < -0.3 is 15.8 Å². The third kappa shape index (κ3) is 3.33. The van der Waals surface area contributed by atoms with E-state index in [2.05, 4.69) is 34.6 Å². The first-order valence-electron chi connectivity index (χ1n) is 8.19. The van der Waals surface area contributed by atoms with Crippen LogP contribution in [0, 0.1) is 0 Å². The summed E-state index contributed by atoms with van der Waals surface area (Å²) in [5, 5.41) is 3.36. The van der Waals surface area contributed by atoms with Gasteiger partial charge in [0, 0.05) is 23.7 Å². The van der Waals surface area contributed by atoms with Gasteiger partial charge in [0.1, 0.15) is 6.10 Å². The monoisotopic (exact) mass is 299 g/mol. The fraction of sp³-hybridized carbons (Fsp3) is 0.500. The molecule has 118 valence electrons. The molecular formula is C18H25N3O. The molecule has 0 spiro atoms. The zero-order valence-electron chi connectivity index (χ0n) is 13.2. The molecule has 2 aliphatic rings. The molecular weight excluding hydrogens is 274 g/mol. The molecule has 0 amide bonds. The maximum absolute atomic E-state index is 6.46. The smallest absolute Gasteiger partial charge is 0.213 e. The van der Waals surface area contributed by atoms with Gasteiger partial charge in [-0.1, -0.05) is 30.3 Å². The Bertz CT molecular complexity index is 559. The summed E-state index contributed by atoms with van der Waals surface area (Å²) in [6.45, 7) is 4.83. The Labute approximate surface area is 132 Å². The van der Waals surface area contributed by atoms with Crippen LogP contribution >= 0.6 is 0 Å². The van der Waals surface area contributed by atoms with Gasteiger partial charge >= 0.3 is 0 Å². The highest BCUT2D eigenvalue weighted by atomic mass is 16.5. The van der Waals surface area contributed by atoms with Gasteiger partial charge in [0.05, 0.1) is 0 Å². The van der Waals surface area contributed by atoms with E-state index < -0.39 is 0 Å². The topological polar surface area (TPSA) is 59.6 Å². The number of allylic oxidation sites excluding steroid dienone is 1. The standard InChI is InChI=1S/C18H25N3O/c1-13-17(19)16(14-5-3-2-4-6-14)9-12-21-18(13)22-15-7-10-20-11-8-15/h2-6,15-16,20H,7-12,19H2,1H3. The average molecular weight is 299 g/mol. The Morgan fingerprint density at radius 1 is 1.14 bits per heavy atom. The molecule has 0 aliphatic carbocycles. The first kappa shape index (κ1) is 15.1. The highest BCUT2D eigenvalue weighted by Crippen LogP contribution is 2.30. The van der Waals surface area contributed by atoms with Crippen LogP contribution in [0.2, 0.25) is 0 Å². The van der Waals surface area contributed by atoms with Gasteiger partial charge in [0.15, 0.2) is 0 Å². The van der Waals surface area contributed by atoms with E-state index >= 15 is 0 Å². The summed E-state index contributed by atoms with van der Waals surface area (Å²) in [6.07, 6.45) is 3.27. The number of piperidine rings is 1. The van der Waals surface area contributed by atoms with Crippen molar-refractivity contribution in [1.82, 2.24) is 5.32 Å². The van der Waals surface area contributed by atoms with Crippen LogP contribution in [0.25, 0.3) is 0 Å². The number of hydrogen-bond donors (Lipinski definition) is 2. The molecule has 4 nitrogen and oxygen atoms in total. The summed E-state index contributed by atoms with van der Waals surface area (Å²) in [5.74, 6) is 0.988. The van der Waals surface area contributed by atoms with Crippen LogP contribution < -0.4 is 11.1 Å². The number of benzene rings is 1. The summed E-state index contributed by atoms with van der Waals surface area (Å²) in [5.41, 5.74) is 9.62. The minimum atomic E-state index is 0.235. The Morgan fingerprint density at radius 2 is 1.86 bits per heavy atom. The maximum Gasteiger partial charge on any atom is 0.213 e. The van der Waals surface area contributed by atoms with Gasteiger partial charge in [-0.15, -0.1) is 0 Å². The van der Waals surface area contributed by atoms with Crippen LogP contribution in [0.3, 0.4) is 0 Å². The third-order valence-electron chi connectivity index (χ3n) is 4.57. The van der Waals surface area contributed by atoms with Crippen LogP contribution in [0.1, 0.15) is 37.7 Å². The van der Waals surface area contributed by atoms with E-state index in [9.17, 15) is 0 Å². The molecule has 0 radical (unpaired) electrons. The van der Waals surface area contributed by atoms with Gasteiger partial charge in [-0.2, -0.15) is 0 Å². The molecule has 2 aliphatic heterocycles. The lowest BCUT2D eigenvalue weighted by atomic mass is 9.91. The fourth-order valence-electron chi connectivity index (χ4n) is 3.18. The van der Waals surface area contributed by atoms with Crippen molar-refractivity contribution in [2.24, 2.45) is 10.7 Å². The van der Waals surface area contributed by atoms with Gasteiger partial charge in [-0.3, -0.25) is 4.99 Å². The molecule has 1 fully saturated rings. The van der Waals surface area contributed by atoms with Crippen molar-refractivity contribution in [2.75, 3.05) is 19.6 Å². The van der Waals surface area contributed by atoms with Gasteiger partial charge in [-0.05, 0) is 44.8 Å². The molecule has 0 aromatic heterocycles. The molecule has 22 heavy (non-hydrogen) atoms. The molecule has 3 N–H and O–H groups in total. The summed E-state index contributed by atoms with van der Waals surface area (Å²) in [6, 6.07) is 10.5. The molecule has 3 rings (SSSR count). The SMILES string of the molecule is CC1=C(N)C(c2ccccc2)CCN=C1OC1CCNCC1. The minimum absolute atomic E-state index is 0.235. The van der Waals surface area contributed by atoms with Crippen molar-refractivity contribution in [1.29, 1.82) is 0 Å². The van der Waals surface area contributed by atoms with Crippen LogP contribution in [-0.4, -0.2) is 31.6 Å². The molecule has 0 bridgehead atoms. The third-order valence-corrected chi connectivity index (χ3v) is 4.57. The zero-order valence-corrected chi connectivity index (χ0v) is 13.2. The maximum atomic E-state index is 6.46. The number of nitrogens with two attached hydrogens (primary N) is 1. The minimum Gasteiger partial charge on any atom is -0.474 e. The van der Waals surface area contributed by atoms with Crippen LogP contribution in [0.15, 0.2) is 46.6 Å². The number of rotatable bonds is 2. The first-order chi connectivity index (χ1) is 10.8. The van der Waals surface area contributed by atoms with Crippen molar-refractivity contribution in [3.63, 3.8) is 0 Å². The number of nitrogens with zero attached hydrogens (tertiary/aromatic N) is 1. The normalized spacial score (nSPS) is 23.9. The van der Waals surface area contributed by atoms with Gasteiger partial charge in [0.2, 0.25) is 5.90 Å². The lowest BCUT2D eigenvalue weighted by molar-refractivity contribution is 0.150. The van der Waals surface area contributed by atoms with Crippen LogP contribution in [-0.2, 0) is 4.74 Å². The van der Waals surface area contributed by atoms with Crippen molar-refractivity contribution in [3.05, 3.63) is 47.2 Å². The predicted octanol–water partition coefficient (Wildman–Crippen LogP) is 2.57. The largest absolute Gasteiger partial charge is 0.474 e. The molecule has 2 heterocycles. The van der Waals surface area contributed by atoms with E-state index in [-0.39, 0.29) is 12.0 Å². The lowest BCUT2D eigenvalue weighted by Crippen LogP contribution is -2.34. The number of nitrogens with one attached hydrogen (secondary N) is 1. The molecule has 1 atom stereocenters. The van der Waals surface area contributed by atoms with E-state index in [1.807, 2.05) is 13.0 Å². The highest BCUT2D eigenvalue weighted by Gasteiger charge is 2.24. The zero-order chi connectivity index (χ0) is 15.4. The summed E-state index contributed by atoms with van der Waals surface area (Å²) in [7, 11) is 0. The predicted molar refractivity (Wildman–Crippen MR) is 90.0 cm³/mol. The molecule has 1 unspecified atom stereocenters. The number of ether oxygens (including phenoxy) is 1. The van der Waals surface area contributed by atoms with E-state index in [1.165, 1.54) is 5.56 Å². The Morgan fingerprint density at radius 3 is 2.59 bits per heavy atom. The quantitative estimate of drug-likeness (QED) is 0.882. The second-order valence-electron chi connectivity index (χ2n) is 6.09. The molecule has 1 aromatic carbocycles. The second-order valence-corrected chi connectivity index (χ2v) is 6.09. The summed E-state index contributed by atoms with van der Waals surface area (Å²) in [4.78, 5) is 4.66. The molecule has 4 heteroatoms. The van der Waals surface area contributed by atoms with E-state index in [4.69, 9.17) is 10.5 Å². The Balaban J connectivity index is 1.78. The van der Waals surface area contributed by atoms with Crippen molar-refractivity contribution in [2.45, 2.75) is 38.2 Å². The van der Waals surface area contributed by atoms with E-state index in [0.29, 0.717) is 0 Å². The average Bonchev–Trinajstić information content (AvgIpc) is 2.70. The lowest BCUT2D eigenvalue weighted by Gasteiger charge is -2.25. The van der Waals surface area contributed by atoms with Gasteiger partial charge in [-0.25, -0.2) is 0 Å². The molecule has 1 aromatic rings. The molecule has 0 saturated carbocycles. The van der Waals surface area contributed by atoms with Crippen LogP contribution in [0.5, 0.6) is 0 Å². The number of hydrogen-bond acceptors (Lipinski definition) is 4. The Hall–Kier alpha value is -1.81. The summed E-state index contributed by atoms with van der Waals surface area (Å²) >= 11 is 0. The molecule has 1 saturated heterocycles. The van der Waals surface area contributed by atoms with Crippen molar-refractivity contribution >= 4 is 5.90 Å².